The number of piperidine rings is 1. The van der Waals surface area contributed by atoms with Crippen LogP contribution in [0.5, 0.6) is 0 Å². The molecule has 7 heteroatoms. The van der Waals surface area contributed by atoms with Crippen LogP contribution in [0.2, 0.25) is 0 Å². The molecule has 2 heterocycles. The fourth-order valence-electron chi connectivity index (χ4n) is 3.05. The van der Waals surface area contributed by atoms with Crippen LogP contribution in [-0.4, -0.2) is 34.2 Å². The fourth-order valence-corrected chi connectivity index (χ4v) is 4.31. The van der Waals surface area contributed by atoms with Crippen LogP contribution >= 0.6 is 27.7 Å². The van der Waals surface area contributed by atoms with Gasteiger partial charge in [-0.25, -0.2) is 9.97 Å². The number of carbonyl (C=O) groups excluding carboxylic acids is 1. The van der Waals surface area contributed by atoms with Crippen LogP contribution in [-0.2, 0) is 4.79 Å². The second-order valence-electron chi connectivity index (χ2n) is 6.57. The van der Waals surface area contributed by atoms with Crippen molar-refractivity contribution in [2.24, 2.45) is 0 Å². The minimum Gasteiger partial charge on any atom is -0.354 e. The zero-order valence-electron chi connectivity index (χ0n) is 15.0. The van der Waals surface area contributed by atoms with Gasteiger partial charge in [0.2, 0.25) is 5.91 Å². The van der Waals surface area contributed by atoms with Gasteiger partial charge in [-0.15, -0.1) is 0 Å². The van der Waals surface area contributed by atoms with Gasteiger partial charge in [-0.3, -0.25) is 4.79 Å². The lowest BCUT2D eigenvalue weighted by molar-refractivity contribution is -0.113. The Hall–Kier alpha value is -1.60. The number of thioether (sulfide) groups is 1. The van der Waals surface area contributed by atoms with Crippen LogP contribution in [0.1, 0.15) is 31.7 Å². The second kappa shape index (κ2) is 8.86. The minimum absolute atomic E-state index is 0.0499. The zero-order chi connectivity index (χ0) is 18.5. The van der Waals surface area contributed by atoms with Crippen LogP contribution < -0.4 is 10.2 Å². The van der Waals surface area contributed by atoms with Crippen LogP contribution in [0, 0.1) is 6.92 Å². The van der Waals surface area contributed by atoms with E-state index in [0.717, 1.165) is 33.1 Å². The van der Waals surface area contributed by atoms with Gasteiger partial charge < -0.3 is 10.2 Å². The number of amides is 1. The van der Waals surface area contributed by atoms with Crippen molar-refractivity contribution in [1.82, 2.24) is 9.97 Å². The van der Waals surface area contributed by atoms with Crippen molar-refractivity contribution in [2.75, 3.05) is 22.5 Å². The Balaban J connectivity index is 1.59. The molecule has 5 nitrogen and oxygen atoms in total. The molecule has 1 aromatic heterocycles. The maximum absolute atomic E-state index is 12.3. The predicted octanol–water partition coefficient (Wildman–Crippen LogP) is 4.66. The maximum atomic E-state index is 12.3. The molecule has 0 saturated carbocycles. The van der Waals surface area contributed by atoms with E-state index in [9.17, 15) is 4.79 Å². The molecule has 0 bridgehead atoms. The van der Waals surface area contributed by atoms with Crippen LogP contribution in [0.15, 0.2) is 40.1 Å². The molecule has 0 aliphatic carbocycles. The van der Waals surface area contributed by atoms with E-state index in [4.69, 9.17) is 0 Å². The summed E-state index contributed by atoms with van der Waals surface area (Å²) in [6.07, 6.45) is 5.26. The quantitative estimate of drug-likeness (QED) is 0.547. The highest BCUT2D eigenvalue weighted by molar-refractivity contribution is 9.10. The van der Waals surface area contributed by atoms with Crippen molar-refractivity contribution in [3.63, 3.8) is 0 Å². The first-order valence-corrected chi connectivity index (χ1v) is 10.6. The number of nitrogens with zero attached hydrogens (tertiary/aromatic N) is 3. The van der Waals surface area contributed by atoms with E-state index < -0.39 is 0 Å². The molecule has 138 valence electrons. The molecule has 1 amide bonds. The number of nitrogens with one attached hydrogen (secondary N) is 1. The standard InChI is InChI=1S/C19H23BrN4OS/c1-13-6-7-16(15(20)9-13)23-18(25)11-26-19-10-17(21-12-22-19)24-8-4-3-5-14(24)2/h6-7,9-10,12,14H,3-5,8,11H2,1-2H3,(H,23,25). The van der Waals surface area contributed by atoms with Crippen molar-refractivity contribution in [3.8, 4) is 0 Å². The van der Waals surface area contributed by atoms with Crippen LogP contribution in [0.25, 0.3) is 0 Å². The highest BCUT2D eigenvalue weighted by Gasteiger charge is 2.20. The molecule has 2 aromatic rings. The molecule has 1 saturated heterocycles. The summed E-state index contributed by atoms with van der Waals surface area (Å²) in [6, 6.07) is 8.35. The fraction of sp³-hybridized carbons (Fsp3) is 0.421. The summed E-state index contributed by atoms with van der Waals surface area (Å²) in [6.45, 7) is 5.29. The number of hydrogen-bond donors (Lipinski definition) is 1. The Bertz CT molecular complexity index is 786. The first-order chi connectivity index (χ1) is 12.5. The normalized spacial score (nSPS) is 17.2. The van der Waals surface area contributed by atoms with Gasteiger partial charge in [0.25, 0.3) is 0 Å². The topological polar surface area (TPSA) is 58.1 Å². The Kier molecular flexibility index (Phi) is 6.53. The van der Waals surface area contributed by atoms with E-state index in [1.54, 1.807) is 6.33 Å². The number of hydrogen-bond acceptors (Lipinski definition) is 5. The molecule has 26 heavy (non-hydrogen) atoms. The monoisotopic (exact) mass is 434 g/mol. The molecule has 0 radical (unpaired) electrons. The third kappa shape index (κ3) is 4.98. The van der Waals surface area contributed by atoms with Gasteiger partial charge in [-0.05, 0) is 66.7 Å². The highest BCUT2D eigenvalue weighted by Crippen LogP contribution is 2.26. The smallest absolute Gasteiger partial charge is 0.234 e. The van der Waals surface area contributed by atoms with Gasteiger partial charge in [0.05, 0.1) is 11.4 Å². The van der Waals surface area contributed by atoms with Gasteiger partial charge in [0, 0.05) is 23.1 Å². The van der Waals surface area contributed by atoms with Crippen molar-refractivity contribution in [1.29, 1.82) is 0 Å². The zero-order valence-corrected chi connectivity index (χ0v) is 17.4. The van der Waals surface area contributed by atoms with Crippen LogP contribution in [0.4, 0.5) is 11.5 Å². The van der Waals surface area contributed by atoms with E-state index in [1.165, 1.54) is 31.0 Å². The van der Waals surface area contributed by atoms with E-state index in [-0.39, 0.29) is 5.91 Å². The van der Waals surface area contributed by atoms with Crippen molar-refractivity contribution < 1.29 is 4.79 Å². The number of benzene rings is 1. The van der Waals surface area contributed by atoms with Gasteiger partial charge in [-0.1, -0.05) is 17.8 Å². The van der Waals surface area contributed by atoms with E-state index in [1.807, 2.05) is 31.2 Å². The Morgan fingerprint density at radius 2 is 2.19 bits per heavy atom. The average molecular weight is 435 g/mol. The second-order valence-corrected chi connectivity index (χ2v) is 8.42. The molecule has 1 aromatic carbocycles. The number of aromatic nitrogens is 2. The summed E-state index contributed by atoms with van der Waals surface area (Å²) in [5, 5.41) is 3.76. The van der Waals surface area contributed by atoms with Gasteiger partial charge in [0.15, 0.2) is 0 Å². The SMILES string of the molecule is Cc1ccc(NC(=O)CSc2cc(N3CCCCC3C)ncn2)c(Br)c1. The summed E-state index contributed by atoms with van der Waals surface area (Å²) in [5.41, 5.74) is 1.93. The van der Waals surface area contributed by atoms with Gasteiger partial charge in [0.1, 0.15) is 17.2 Å². The molecular weight excluding hydrogens is 412 g/mol. The molecule has 3 rings (SSSR count). The number of halogens is 1. The van der Waals surface area contributed by atoms with E-state index >= 15 is 0 Å². The molecule has 1 aliphatic heterocycles. The lowest BCUT2D eigenvalue weighted by atomic mass is 10.0. The van der Waals surface area contributed by atoms with Crippen LogP contribution in [0.3, 0.4) is 0 Å². The highest BCUT2D eigenvalue weighted by atomic mass is 79.9. The number of anilines is 2. The summed E-state index contributed by atoms with van der Waals surface area (Å²) >= 11 is 4.91. The Labute approximate surface area is 167 Å². The summed E-state index contributed by atoms with van der Waals surface area (Å²) in [5.74, 6) is 1.22. The molecular formula is C19H23BrN4OS. The van der Waals surface area contributed by atoms with Crippen molar-refractivity contribution in [2.45, 2.75) is 44.2 Å². The Morgan fingerprint density at radius 3 is 2.96 bits per heavy atom. The summed E-state index contributed by atoms with van der Waals surface area (Å²) in [4.78, 5) is 23.3. The predicted molar refractivity (Wildman–Crippen MR) is 111 cm³/mol. The average Bonchev–Trinajstić information content (AvgIpc) is 2.63. The number of rotatable bonds is 5. The van der Waals surface area contributed by atoms with Gasteiger partial charge >= 0.3 is 0 Å². The molecule has 1 N–H and O–H groups in total. The molecule has 0 spiro atoms. The summed E-state index contributed by atoms with van der Waals surface area (Å²) < 4.78 is 0.888. The van der Waals surface area contributed by atoms with E-state index in [2.05, 4.69) is 43.0 Å². The van der Waals surface area contributed by atoms with E-state index in [0.29, 0.717) is 11.8 Å². The van der Waals surface area contributed by atoms with Crippen molar-refractivity contribution >= 4 is 45.1 Å². The molecule has 1 fully saturated rings. The van der Waals surface area contributed by atoms with Crippen molar-refractivity contribution in [3.05, 3.63) is 40.6 Å². The molecule has 1 unspecified atom stereocenters. The number of aryl methyl sites for hydroxylation is 1. The largest absolute Gasteiger partial charge is 0.354 e. The first kappa shape index (κ1) is 19.2. The molecule has 1 aliphatic rings. The Morgan fingerprint density at radius 1 is 1.35 bits per heavy atom. The maximum Gasteiger partial charge on any atom is 0.234 e. The lowest BCUT2D eigenvalue weighted by Crippen LogP contribution is -2.38. The third-order valence-corrected chi connectivity index (χ3v) is 6.06. The lowest BCUT2D eigenvalue weighted by Gasteiger charge is -2.34. The van der Waals surface area contributed by atoms with Gasteiger partial charge in [-0.2, -0.15) is 0 Å². The summed E-state index contributed by atoms with van der Waals surface area (Å²) in [7, 11) is 0. The first-order valence-electron chi connectivity index (χ1n) is 8.80. The third-order valence-electron chi connectivity index (χ3n) is 4.47. The molecule has 1 atom stereocenters. The minimum atomic E-state index is -0.0499. The number of carbonyl (C=O) groups is 1.